The van der Waals surface area contributed by atoms with E-state index in [4.69, 9.17) is 10.5 Å². The number of rotatable bonds is 4. The van der Waals surface area contributed by atoms with Crippen molar-refractivity contribution in [2.45, 2.75) is 18.9 Å². The summed E-state index contributed by atoms with van der Waals surface area (Å²) >= 11 is 1.32. The Balaban J connectivity index is 2.25. The normalized spacial score (nSPS) is 14.6. The summed E-state index contributed by atoms with van der Waals surface area (Å²) in [5, 5.41) is 6.65. The third kappa shape index (κ3) is 1.92. The maximum Gasteiger partial charge on any atom is 0.263 e. The van der Waals surface area contributed by atoms with Crippen molar-refractivity contribution in [2.75, 3.05) is 25.2 Å². The molecular formula is C10H15N3O2S. The van der Waals surface area contributed by atoms with Gasteiger partial charge in [0.15, 0.2) is 5.75 Å². The Morgan fingerprint density at radius 2 is 2.25 bits per heavy atom. The van der Waals surface area contributed by atoms with Crippen LogP contribution >= 0.6 is 11.3 Å². The molecule has 1 aliphatic rings. The van der Waals surface area contributed by atoms with Crippen molar-refractivity contribution in [2.24, 2.45) is 0 Å². The molecule has 88 valence electrons. The number of thiophene rings is 1. The Bertz CT molecular complexity index is 412. The summed E-state index contributed by atoms with van der Waals surface area (Å²) in [6.45, 7) is 0. The number of nitrogens with two attached hydrogens (primary N) is 1. The fourth-order valence-electron chi connectivity index (χ4n) is 1.44. The molecule has 0 radical (unpaired) electrons. The van der Waals surface area contributed by atoms with Gasteiger partial charge in [-0.15, -0.1) is 11.3 Å². The molecule has 0 spiro atoms. The maximum absolute atomic E-state index is 11.8. The Morgan fingerprint density at radius 1 is 1.56 bits per heavy atom. The summed E-state index contributed by atoms with van der Waals surface area (Å²) in [6.07, 6.45) is 2.13. The summed E-state index contributed by atoms with van der Waals surface area (Å²) in [4.78, 5) is 12.4. The van der Waals surface area contributed by atoms with Gasteiger partial charge in [0.05, 0.1) is 7.11 Å². The van der Waals surface area contributed by atoms with Crippen molar-refractivity contribution in [3.05, 3.63) is 4.88 Å². The third-order valence-electron chi connectivity index (χ3n) is 2.45. The Kier molecular flexibility index (Phi) is 2.91. The minimum Gasteiger partial charge on any atom is -0.492 e. The summed E-state index contributed by atoms with van der Waals surface area (Å²) in [5.74, 6) is 0.443. The summed E-state index contributed by atoms with van der Waals surface area (Å²) < 4.78 is 5.16. The second kappa shape index (κ2) is 4.21. The molecule has 1 saturated carbocycles. The van der Waals surface area contributed by atoms with Crippen LogP contribution in [-0.2, 0) is 0 Å². The number of hydrogen-bond donors (Lipinski definition) is 3. The molecule has 0 unspecified atom stereocenters. The molecule has 6 heteroatoms. The first-order chi connectivity index (χ1) is 7.67. The second-order valence-corrected chi connectivity index (χ2v) is 4.73. The number of methoxy groups -OCH3 is 1. The zero-order valence-corrected chi connectivity index (χ0v) is 10.1. The quantitative estimate of drug-likeness (QED) is 0.742. The average Bonchev–Trinajstić information content (AvgIpc) is 3.01. The molecule has 1 fully saturated rings. The van der Waals surface area contributed by atoms with E-state index in [2.05, 4.69) is 10.6 Å². The molecule has 5 nitrogen and oxygen atoms in total. The molecule has 2 rings (SSSR count). The van der Waals surface area contributed by atoms with E-state index in [9.17, 15) is 4.79 Å². The minimum absolute atomic E-state index is 0.107. The fraction of sp³-hybridized carbons (Fsp3) is 0.500. The van der Waals surface area contributed by atoms with Crippen molar-refractivity contribution in [3.8, 4) is 5.75 Å². The smallest absolute Gasteiger partial charge is 0.263 e. The van der Waals surface area contributed by atoms with Gasteiger partial charge < -0.3 is 21.1 Å². The molecule has 1 heterocycles. The highest BCUT2D eigenvalue weighted by Crippen LogP contribution is 2.42. The molecule has 1 aromatic heterocycles. The predicted molar refractivity (Wildman–Crippen MR) is 65.3 cm³/mol. The Labute approximate surface area is 98.0 Å². The molecular weight excluding hydrogens is 226 g/mol. The SMILES string of the molecule is CNc1sc(C(=O)NC2CC2)c(N)c1OC. The van der Waals surface area contributed by atoms with Crippen LogP contribution in [0.2, 0.25) is 0 Å². The van der Waals surface area contributed by atoms with Crippen LogP contribution in [0.25, 0.3) is 0 Å². The molecule has 1 aliphatic carbocycles. The topological polar surface area (TPSA) is 76.4 Å². The molecule has 0 aliphatic heterocycles. The second-order valence-electron chi connectivity index (χ2n) is 3.70. The van der Waals surface area contributed by atoms with Gasteiger partial charge in [0.2, 0.25) is 0 Å². The average molecular weight is 241 g/mol. The van der Waals surface area contributed by atoms with Gasteiger partial charge in [0, 0.05) is 13.1 Å². The largest absolute Gasteiger partial charge is 0.492 e. The molecule has 1 aromatic rings. The van der Waals surface area contributed by atoms with Crippen LogP contribution in [0.3, 0.4) is 0 Å². The molecule has 1 amide bonds. The number of carbonyl (C=O) groups excluding carboxylic acids is 1. The van der Waals surface area contributed by atoms with E-state index < -0.39 is 0 Å². The maximum atomic E-state index is 11.8. The van der Waals surface area contributed by atoms with Crippen LogP contribution in [0, 0.1) is 0 Å². The van der Waals surface area contributed by atoms with Crippen molar-refractivity contribution in [1.82, 2.24) is 5.32 Å². The lowest BCUT2D eigenvalue weighted by molar-refractivity contribution is 0.0956. The number of nitrogen functional groups attached to an aromatic ring is 1. The number of ether oxygens (including phenoxy) is 1. The number of hydrogen-bond acceptors (Lipinski definition) is 5. The summed E-state index contributed by atoms with van der Waals surface area (Å²) in [6, 6.07) is 0.332. The minimum atomic E-state index is -0.107. The molecule has 0 saturated heterocycles. The van der Waals surface area contributed by atoms with Crippen molar-refractivity contribution >= 4 is 27.9 Å². The van der Waals surface area contributed by atoms with Crippen LogP contribution in [0.15, 0.2) is 0 Å². The molecule has 0 bridgehead atoms. The fourth-order valence-corrected chi connectivity index (χ4v) is 2.39. The number of carbonyl (C=O) groups is 1. The monoisotopic (exact) mass is 241 g/mol. The lowest BCUT2D eigenvalue weighted by atomic mass is 10.3. The summed E-state index contributed by atoms with van der Waals surface area (Å²) in [7, 11) is 3.32. The van der Waals surface area contributed by atoms with E-state index in [-0.39, 0.29) is 5.91 Å². The zero-order valence-electron chi connectivity index (χ0n) is 9.29. The third-order valence-corrected chi connectivity index (χ3v) is 3.65. The van der Waals surface area contributed by atoms with Crippen molar-refractivity contribution in [1.29, 1.82) is 0 Å². The molecule has 0 atom stereocenters. The standard InChI is InChI=1S/C10H15N3O2S/c1-12-10-7(15-2)6(11)8(16-10)9(14)13-5-3-4-5/h5,12H,3-4,11H2,1-2H3,(H,13,14). The van der Waals surface area contributed by atoms with Gasteiger partial charge in [-0.1, -0.05) is 0 Å². The number of anilines is 2. The highest BCUT2D eigenvalue weighted by molar-refractivity contribution is 7.19. The van der Waals surface area contributed by atoms with E-state index in [0.717, 1.165) is 17.8 Å². The van der Waals surface area contributed by atoms with Crippen molar-refractivity contribution < 1.29 is 9.53 Å². The van der Waals surface area contributed by atoms with Crippen LogP contribution in [-0.4, -0.2) is 26.1 Å². The highest BCUT2D eigenvalue weighted by atomic mass is 32.1. The van der Waals surface area contributed by atoms with E-state index in [0.29, 0.717) is 22.4 Å². The van der Waals surface area contributed by atoms with Gasteiger partial charge in [-0.25, -0.2) is 0 Å². The van der Waals surface area contributed by atoms with E-state index in [1.807, 2.05) is 0 Å². The van der Waals surface area contributed by atoms with E-state index in [1.165, 1.54) is 11.3 Å². The van der Waals surface area contributed by atoms with Crippen molar-refractivity contribution in [3.63, 3.8) is 0 Å². The lowest BCUT2D eigenvalue weighted by Crippen LogP contribution is -2.25. The number of nitrogens with one attached hydrogen (secondary N) is 2. The van der Waals surface area contributed by atoms with Crippen LogP contribution in [0.4, 0.5) is 10.7 Å². The first kappa shape index (κ1) is 11.1. The lowest BCUT2D eigenvalue weighted by Gasteiger charge is -2.02. The van der Waals surface area contributed by atoms with Gasteiger partial charge in [0.25, 0.3) is 5.91 Å². The van der Waals surface area contributed by atoms with Gasteiger partial charge >= 0.3 is 0 Å². The first-order valence-corrected chi connectivity index (χ1v) is 5.94. The van der Waals surface area contributed by atoms with E-state index >= 15 is 0 Å². The predicted octanol–water partition coefficient (Wildman–Crippen LogP) is 1.27. The first-order valence-electron chi connectivity index (χ1n) is 5.12. The molecule has 16 heavy (non-hydrogen) atoms. The van der Waals surface area contributed by atoms with Crippen LogP contribution in [0.5, 0.6) is 5.75 Å². The van der Waals surface area contributed by atoms with E-state index in [1.54, 1.807) is 14.2 Å². The van der Waals surface area contributed by atoms with Gasteiger partial charge in [0.1, 0.15) is 15.6 Å². The van der Waals surface area contributed by atoms with Gasteiger partial charge in [-0.2, -0.15) is 0 Å². The van der Waals surface area contributed by atoms with Gasteiger partial charge in [-0.3, -0.25) is 4.79 Å². The highest BCUT2D eigenvalue weighted by Gasteiger charge is 2.27. The molecule has 4 N–H and O–H groups in total. The Morgan fingerprint density at radius 3 is 2.69 bits per heavy atom. The zero-order chi connectivity index (χ0) is 11.7. The van der Waals surface area contributed by atoms with Crippen LogP contribution in [0.1, 0.15) is 22.5 Å². The van der Waals surface area contributed by atoms with Gasteiger partial charge in [-0.05, 0) is 12.8 Å². The van der Waals surface area contributed by atoms with Crippen LogP contribution < -0.4 is 21.1 Å². The number of amides is 1. The summed E-state index contributed by atoms with van der Waals surface area (Å²) in [5.41, 5.74) is 6.28. The molecule has 0 aromatic carbocycles. The Hall–Kier alpha value is -1.43.